The van der Waals surface area contributed by atoms with Crippen molar-refractivity contribution in [3.63, 3.8) is 0 Å². The maximum Gasteiger partial charge on any atom is 0.310 e. The van der Waals surface area contributed by atoms with Gasteiger partial charge in [0.1, 0.15) is 0 Å². The van der Waals surface area contributed by atoms with Gasteiger partial charge in [0.2, 0.25) is 0 Å². The number of hydrogen-bond acceptors (Lipinski definition) is 7. The van der Waals surface area contributed by atoms with Crippen molar-refractivity contribution in [1.82, 2.24) is 9.80 Å². The van der Waals surface area contributed by atoms with E-state index in [1.807, 2.05) is 18.2 Å². The van der Waals surface area contributed by atoms with E-state index >= 15 is 0 Å². The number of nitro benzene ring substituents is 1. The number of anilines is 2. The number of nitrogens with zero attached hydrogens (tertiary/aromatic N) is 3. The summed E-state index contributed by atoms with van der Waals surface area (Å²) < 4.78 is 5.24. The number of hydrogen-bond donors (Lipinski definition) is 2. The fraction of sp³-hybridized carbons (Fsp3) is 0.346. The monoisotopic (exact) mass is 477 g/mol. The van der Waals surface area contributed by atoms with Gasteiger partial charge in [-0.3, -0.25) is 14.9 Å². The molecule has 0 saturated heterocycles. The molecule has 0 saturated carbocycles. The van der Waals surface area contributed by atoms with Gasteiger partial charge < -0.3 is 25.2 Å². The second-order valence-corrected chi connectivity index (χ2v) is 9.21. The van der Waals surface area contributed by atoms with E-state index in [4.69, 9.17) is 4.74 Å². The number of fused-ring (bicyclic) bond motifs is 1. The molecule has 0 aromatic heterocycles. The van der Waals surface area contributed by atoms with Gasteiger partial charge in [0.15, 0.2) is 5.75 Å². The minimum absolute atomic E-state index is 0.0726. The molecular weight excluding hydrogens is 446 g/mol. The maximum atomic E-state index is 12.9. The number of nitro groups is 1. The second-order valence-electron chi connectivity index (χ2n) is 9.21. The van der Waals surface area contributed by atoms with Crippen LogP contribution in [0, 0.1) is 10.1 Å². The van der Waals surface area contributed by atoms with Crippen LogP contribution in [0.15, 0.2) is 53.7 Å². The van der Waals surface area contributed by atoms with Crippen LogP contribution in [0.4, 0.5) is 17.1 Å². The van der Waals surface area contributed by atoms with E-state index in [0.29, 0.717) is 18.4 Å². The molecule has 35 heavy (non-hydrogen) atoms. The summed E-state index contributed by atoms with van der Waals surface area (Å²) in [4.78, 5) is 28.2. The van der Waals surface area contributed by atoms with Crippen LogP contribution in [0.5, 0.6) is 5.75 Å². The molecule has 0 atom stereocenters. The zero-order valence-electron chi connectivity index (χ0n) is 20.6. The van der Waals surface area contributed by atoms with E-state index in [9.17, 15) is 14.9 Å². The van der Waals surface area contributed by atoms with Gasteiger partial charge in [-0.2, -0.15) is 0 Å². The number of ether oxygens (including phenoxy) is 1. The fourth-order valence-electron chi connectivity index (χ4n) is 4.34. The van der Waals surface area contributed by atoms with Crippen LogP contribution in [0.3, 0.4) is 0 Å². The normalized spacial score (nSPS) is 15.1. The Morgan fingerprint density at radius 1 is 1.03 bits per heavy atom. The number of rotatable bonds is 8. The van der Waals surface area contributed by atoms with Gasteiger partial charge in [-0.05, 0) is 81.0 Å². The molecule has 1 amide bonds. The predicted molar refractivity (Wildman–Crippen MR) is 137 cm³/mol. The first-order valence-electron chi connectivity index (χ1n) is 11.6. The molecular formula is C26H31N5O4. The van der Waals surface area contributed by atoms with Gasteiger partial charge in [-0.1, -0.05) is 6.07 Å². The van der Waals surface area contributed by atoms with Crippen LogP contribution in [-0.4, -0.2) is 62.0 Å². The van der Waals surface area contributed by atoms with Crippen LogP contribution in [0.2, 0.25) is 0 Å². The largest absolute Gasteiger partial charge is 0.490 e. The molecule has 2 aliphatic rings. The van der Waals surface area contributed by atoms with Gasteiger partial charge >= 0.3 is 5.69 Å². The first kappa shape index (κ1) is 24.4. The minimum Gasteiger partial charge on any atom is -0.490 e. The third-order valence-electron chi connectivity index (χ3n) is 6.29. The number of carbonyl (C=O) groups is 1. The highest BCUT2D eigenvalue weighted by Crippen LogP contribution is 2.38. The summed E-state index contributed by atoms with van der Waals surface area (Å²) in [5, 5.41) is 17.8. The lowest BCUT2D eigenvalue weighted by molar-refractivity contribution is -0.385. The van der Waals surface area contributed by atoms with Crippen molar-refractivity contribution in [2.24, 2.45) is 0 Å². The third kappa shape index (κ3) is 5.52. The molecule has 2 N–H and O–H groups in total. The number of likely N-dealkylation sites (N-methyl/N-ethyl adjacent to an activating group) is 2. The molecule has 9 heteroatoms. The molecule has 1 aliphatic carbocycles. The van der Waals surface area contributed by atoms with Gasteiger partial charge in [0, 0.05) is 37.0 Å². The number of nitrogens with one attached hydrogen (secondary N) is 2. The minimum atomic E-state index is -0.456. The van der Waals surface area contributed by atoms with E-state index in [2.05, 4.69) is 47.6 Å². The highest BCUT2D eigenvalue weighted by atomic mass is 16.6. The Labute approximate surface area is 205 Å². The standard InChI is InChI=1S/C26H31N5O4/c1-29(2)11-12-30(3)16-17-5-9-21-23(13-17)27-22-14-18(6-8-20(22)26(32)28-21)19-7-10-24(31(33)34)25(15-19)35-4/h5,7,9-10,13-15,27H,6,8,11-12,16H2,1-4H3,(H,28,32). The Hall–Kier alpha value is -3.69. The molecule has 4 rings (SSSR count). The fourth-order valence-corrected chi connectivity index (χ4v) is 4.34. The topological polar surface area (TPSA) is 100.0 Å². The zero-order valence-corrected chi connectivity index (χ0v) is 20.6. The maximum absolute atomic E-state index is 12.9. The lowest BCUT2D eigenvalue weighted by Gasteiger charge is -2.21. The van der Waals surface area contributed by atoms with Crippen LogP contribution >= 0.6 is 0 Å². The number of carbonyl (C=O) groups excluding carboxylic acids is 1. The van der Waals surface area contributed by atoms with Gasteiger partial charge in [0.05, 0.1) is 23.4 Å². The number of allylic oxidation sites excluding steroid dienone is 2. The van der Waals surface area contributed by atoms with Crippen LogP contribution in [0.1, 0.15) is 24.0 Å². The third-order valence-corrected chi connectivity index (χ3v) is 6.29. The summed E-state index contributed by atoms with van der Waals surface area (Å²) in [5.74, 6) is 0.104. The Balaban J connectivity index is 1.60. The smallest absolute Gasteiger partial charge is 0.310 e. The number of amides is 1. The molecule has 0 bridgehead atoms. The first-order valence-corrected chi connectivity index (χ1v) is 11.6. The van der Waals surface area contributed by atoms with E-state index in [-0.39, 0.29) is 17.3 Å². The summed E-state index contributed by atoms with van der Waals surface area (Å²) in [6, 6.07) is 10.9. The summed E-state index contributed by atoms with van der Waals surface area (Å²) in [7, 11) is 7.64. The predicted octanol–water partition coefficient (Wildman–Crippen LogP) is 4.09. The quantitative estimate of drug-likeness (QED) is 0.436. The highest BCUT2D eigenvalue weighted by molar-refractivity contribution is 6.09. The van der Waals surface area contributed by atoms with Crippen LogP contribution in [-0.2, 0) is 11.3 Å². The average Bonchev–Trinajstić information content (AvgIpc) is 2.97. The number of benzene rings is 2. The Morgan fingerprint density at radius 2 is 1.83 bits per heavy atom. The molecule has 9 nitrogen and oxygen atoms in total. The summed E-state index contributed by atoms with van der Waals surface area (Å²) in [6.45, 7) is 2.73. The van der Waals surface area contributed by atoms with Crippen LogP contribution < -0.4 is 15.4 Å². The lowest BCUT2D eigenvalue weighted by atomic mass is 9.90. The van der Waals surface area contributed by atoms with E-state index in [0.717, 1.165) is 53.4 Å². The van der Waals surface area contributed by atoms with Crippen molar-refractivity contribution in [2.75, 3.05) is 52.0 Å². The van der Waals surface area contributed by atoms with Crippen molar-refractivity contribution < 1.29 is 14.5 Å². The summed E-state index contributed by atoms with van der Waals surface area (Å²) in [5.41, 5.74) is 5.94. The summed E-state index contributed by atoms with van der Waals surface area (Å²) in [6.07, 6.45) is 3.17. The molecule has 2 aromatic carbocycles. The summed E-state index contributed by atoms with van der Waals surface area (Å²) >= 11 is 0. The molecule has 1 heterocycles. The van der Waals surface area contributed by atoms with Gasteiger partial charge in [0.25, 0.3) is 5.91 Å². The van der Waals surface area contributed by atoms with E-state index in [1.165, 1.54) is 13.2 Å². The second kappa shape index (κ2) is 10.3. The van der Waals surface area contributed by atoms with Crippen molar-refractivity contribution in [3.05, 3.63) is 75.0 Å². The molecule has 1 aliphatic heterocycles. The molecule has 0 spiro atoms. The average molecular weight is 478 g/mol. The SMILES string of the molecule is COc1cc(C2=CC3=C(CC2)C(=O)Nc2ccc(CN(C)CCN(C)C)cc2N3)ccc1[N+](=O)[O-]. The Bertz CT molecular complexity index is 1220. The zero-order chi connectivity index (χ0) is 25.1. The molecule has 184 valence electrons. The Morgan fingerprint density at radius 3 is 2.54 bits per heavy atom. The first-order chi connectivity index (χ1) is 16.7. The van der Waals surface area contributed by atoms with Crippen molar-refractivity contribution in [2.45, 2.75) is 19.4 Å². The molecule has 0 unspecified atom stereocenters. The van der Waals surface area contributed by atoms with E-state index < -0.39 is 4.92 Å². The lowest BCUT2D eigenvalue weighted by Crippen LogP contribution is -2.28. The van der Waals surface area contributed by atoms with E-state index in [1.54, 1.807) is 12.1 Å². The van der Waals surface area contributed by atoms with Crippen molar-refractivity contribution in [3.8, 4) is 5.75 Å². The molecule has 2 aromatic rings. The highest BCUT2D eigenvalue weighted by Gasteiger charge is 2.26. The van der Waals surface area contributed by atoms with Crippen molar-refractivity contribution >= 4 is 28.5 Å². The van der Waals surface area contributed by atoms with Gasteiger partial charge in [-0.25, -0.2) is 0 Å². The molecule has 0 fully saturated rings. The van der Waals surface area contributed by atoms with Crippen molar-refractivity contribution in [1.29, 1.82) is 0 Å². The van der Waals surface area contributed by atoms with Crippen LogP contribution in [0.25, 0.3) is 5.57 Å². The van der Waals surface area contributed by atoms with Gasteiger partial charge in [-0.15, -0.1) is 0 Å². The Kier molecular flexibility index (Phi) is 7.18. The molecule has 0 radical (unpaired) electrons. The number of methoxy groups -OCH3 is 1.